The molecule has 0 radical (unpaired) electrons. The highest BCUT2D eigenvalue weighted by Crippen LogP contribution is 2.28. The van der Waals surface area contributed by atoms with Crippen LogP contribution in [-0.4, -0.2) is 38.2 Å². The topological polar surface area (TPSA) is 64.2 Å². The average molecular weight is 383 g/mol. The Balaban J connectivity index is 2.11. The molecule has 0 fully saturated rings. The molecule has 1 amide bonds. The Bertz CT molecular complexity index is 926. The quantitative estimate of drug-likeness (QED) is 0.495. The van der Waals surface area contributed by atoms with Crippen molar-refractivity contribution in [3.63, 3.8) is 0 Å². The summed E-state index contributed by atoms with van der Waals surface area (Å²) in [7, 11) is 0. The molecule has 3 aromatic rings. The molecule has 0 saturated heterocycles. The van der Waals surface area contributed by atoms with Crippen LogP contribution in [0.1, 0.15) is 70.3 Å². The number of unbranched alkanes of at least 4 members (excludes halogenated alkanes) is 2. The number of nitrogens with zero attached hydrogens (tertiary/aromatic N) is 4. The largest absolute Gasteiger partial charge is 0.463 e. The minimum Gasteiger partial charge on any atom is -0.463 e. The Morgan fingerprint density at radius 1 is 1.25 bits per heavy atom. The van der Waals surface area contributed by atoms with Crippen LogP contribution in [0.2, 0.25) is 0 Å². The molecule has 28 heavy (non-hydrogen) atoms. The fourth-order valence-corrected chi connectivity index (χ4v) is 3.40. The van der Waals surface area contributed by atoms with Gasteiger partial charge in [-0.05, 0) is 52.3 Å². The number of carbonyl (C=O) groups excluding carboxylic acids is 1. The van der Waals surface area contributed by atoms with Gasteiger partial charge in [-0.2, -0.15) is 5.10 Å². The molecule has 6 nitrogen and oxygen atoms in total. The van der Waals surface area contributed by atoms with Gasteiger partial charge in [0.15, 0.2) is 11.4 Å². The van der Waals surface area contributed by atoms with E-state index in [9.17, 15) is 4.79 Å². The molecule has 0 N–H and O–H groups in total. The second-order valence-electron chi connectivity index (χ2n) is 7.75. The van der Waals surface area contributed by atoms with Crippen molar-refractivity contribution in [1.29, 1.82) is 0 Å². The van der Waals surface area contributed by atoms with Gasteiger partial charge in [0.25, 0.3) is 5.91 Å². The molecule has 0 atom stereocenters. The first kappa shape index (κ1) is 20.1. The third-order valence-corrected chi connectivity index (χ3v) is 4.95. The minimum absolute atomic E-state index is 0.0228. The molecule has 3 aromatic heterocycles. The van der Waals surface area contributed by atoms with Crippen LogP contribution in [0.25, 0.3) is 22.5 Å². The Labute approximate surface area is 166 Å². The molecule has 0 aromatic carbocycles. The van der Waals surface area contributed by atoms with Crippen LogP contribution >= 0.6 is 0 Å². The zero-order valence-corrected chi connectivity index (χ0v) is 17.5. The molecule has 0 saturated carbocycles. The van der Waals surface area contributed by atoms with Crippen LogP contribution in [0, 0.1) is 0 Å². The van der Waals surface area contributed by atoms with Crippen LogP contribution in [0.3, 0.4) is 0 Å². The predicted molar refractivity (Wildman–Crippen MR) is 111 cm³/mol. The van der Waals surface area contributed by atoms with Gasteiger partial charge in [0, 0.05) is 18.6 Å². The molecule has 150 valence electrons. The van der Waals surface area contributed by atoms with Gasteiger partial charge in [0.1, 0.15) is 5.69 Å². The zero-order valence-electron chi connectivity index (χ0n) is 17.5. The van der Waals surface area contributed by atoms with E-state index < -0.39 is 0 Å². The first-order valence-electron chi connectivity index (χ1n) is 10.2. The summed E-state index contributed by atoms with van der Waals surface area (Å²) in [6.45, 7) is 11.2. The van der Waals surface area contributed by atoms with Crippen molar-refractivity contribution in [3.05, 3.63) is 36.2 Å². The molecule has 3 rings (SSSR count). The molecule has 3 heterocycles. The third-order valence-electron chi connectivity index (χ3n) is 4.95. The molecule has 0 aliphatic heterocycles. The SMILES string of the molecule is CCCCCN(C(=O)c1cc(-c2ccco2)nc2c1cnn2C(C)C)C(C)C. The normalized spacial score (nSPS) is 11.7. The van der Waals surface area contributed by atoms with Gasteiger partial charge in [-0.1, -0.05) is 19.8 Å². The molecule has 0 aliphatic rings. The van der Waals surface area contributed by atoms with Crippen LogP contribution in [0.15, 0.2) is 35.1 Å². The molecular weight excluding hydrogens is 352 g/mol. The van der Waals surface area contributed by atoms with Gasteiger partial charge in [-0.25, -0.2) is 9.67 Å². The summed E-state index contributed by atoms with van der Waals surface area (Å²) < 4.78 is 7.41. The first-order valence-corrected chi connectivity index (χ1v) is 10.2. The van der Waals surface area contributed by atoms with E-state index in [0.29, 0.717) is 22.7 Å². The Kier molecular flexibility index (Phi) is 6.17. The Hall–Kier alpha value is -2.63. The molecule has 0 aliphatic carbocycles. The highest BCUT2D eigenvalue weighted by atomic mass is 16.3. The van der Waals surface area contributed by atoms with E-state index in [-0.39, 0.29) is 18.0 Å². The summed E-state index contributed by atoms with van der Waals surface area (Å²) >= 11 is 0. The lowest BCUT2D eigenvalue weighted by Gasteiger charge is -2.27. The van der Waals surface area contributed by atoms with Crippen molar-refractivity contribution in [2.75, 3.05) is 6.54 Å². The predicted octanol–water partition coefficient (Wildman–Crippen LogP) is 5.31. The summed E-state index contributed by atoms with van der Waals surface area (Å²) in [6.07, 6.45) is 6.62. The van der Waals surface area contributed by atoms with E-state index in [2.05, 4.69) is 39.7 Å². The summed E-state index contributed by atoms with van der Waals surface area (Å²) in [5.41, 5.74) is 2.00. The number of carbonyl (C=O) groups is 1. The smallest absolute Gasteiger partial charge is 0.254 e. The van der Waals surface area contributed by atoms with Crippen molar-refractivity contribution in [2.24, 2.45) is 0 Å². The molecular formula is C22H30N4O2. The lowest BCUT2D eigenvalue weighted by Crippen LogP contribution is -2.37. The van der Waals surface area contributed by atoms with Crippen LogP contribution in [0.5, 0.6) is 0 Å². The Morgan fingerprint density at radius 3 is 2.64 bits per heavy atom. The van der Waals surface area contributed by atoms with E-state index in [1.54, 1.807) is 12.5 Å². The van der Waals surface area contributed by atoms with Crippen LogP contribution in [-0.2, 0) is 0 Å². The molecule has 0 unspecified atom stereocenters. The first-order chi connectivity index (χ1) is 13.4. The summed E-state index contributed by atoms with van der Waals surface area (Å²) in [4.78, 5) is 20.2. The summed E-state index contributed by atoms with van der Waals surface area (Å²) in [6, 6.07) is 5.80. The van der Waals surface area contributed by atoms with E-state index >= 15 is 0 Å². The van der Waals surface area contributed by atoms with Crippen molar-refractivity contribution < 1.29 is 9.21 Å². The number of hydrogen-bond acceptors (Lipinski definition) is 4. The maximum Gasteiger partial charge on any atom is 0.254 e. The van der Waals surface area contributed by atoms with Gasteiger partial charge in [0.2, 0.25) is 0 Å². The van der Waals surface area contributed by atoms with E-state index in [1.165, 1.54) is 0 Å². The van der Waals surface area contributed by atoms with Crippen molar-refractivity contribution >= 4 is 16.9 Å². The van der Waals surface area contributed by atoms with Crippen molar-refractivity contribution in [2.45, 2.75) is 66.0 Å². The number of pyridine rings is 1. The lowest BCUT2D eigenvalue weighted by molar-refractivity contribution is 0.0704. The standard InChI is InChI=1S/C22H30N4O2/c1-6-7-8-11-25(15(2)3)22(27)17-13-19(20-10-9-12-28-20)24-21-18(17)14-23-26(21)16(4)5/h9-10,12-16H,6-8,11H2,1-5H3. The van der Waals surface area contributed by atoms with Gasteiger partial charge in [-0.15, -0.1) is 0 Å². The van der Waals surface area contributed by atoms with E-state index in [0.717, 1.165) is 31.2 Å². The number of fused-ring (bicyclic) bond motifs is 1. The number of furan rings is 1. The van der Waals surface area contributed by atoms with E-state index in [4.69, 9.17) is 9.40 Å². The lowest BCUT2D eigenvalue weighted by atomic mass is 10.1. The second-order valence-corrected chi connectivity index (χ2v) is 7.75. The maximum absolute atomic E-state index is 13.5. The third kappa shape index (κ3) is 3.96. The molecule has 6 heteroatoms. The monoisotopic (exact) mass is 382 g/mol. The number of amides is 1. The number of hydrogen-bond donors (Lipinski definition) is 0. The van der Waals surface area contributed by atoms with Gasteiger partial charge >= 0.3 is 0 Å². The summed E-state index contributed by atoms with van der Waals surface area (Å²) in [5.74, 6) is 0.671. The zero-order chi connectivity index (χ0) is 20.3. The number of rotatable bonds is 8. The fourth-order valence-electron chi connectivity index (χ4n) is 3.40. The van der Waals surface area contributed by atoms with Crippen LogP contribution < -0.4 is 0 Å². The summed E-state index contributed by atoms with van der Waals surface area (Å²) in [5, 5.41) is 5.28. The highest BCUT2D eigenvalue weighted by molar-refractivity contribution is 6.06. The fraction of sp³-hybridized carbons (Fsp3) is 0.500. The number of aromatic nitrogens is 3. The second kappa shape index (κ2) is 8.59. The van der Waals surface area contributed by atoms with Crippen LogP contribution in [0.4, 0.5) is 0 Å². The van der Waals surface area contributed by atoms with Crippen molar-refractivity contribution in [1.82, 2.24) is 19.7 Å². The Morgan fingerprint density at radius 2 is 2.04 bits per heavy atom. The maximum atomic E-state index is 13.5. The highest BCUT2D eigenvalue weighted by Gasteiger charge is 2.24. The van der Waals surface area contributed by atoms with Gasteiger partial charge in [0.05, 0.1) is 23.4 Å². The van der Waals surface area contributed by atoms with Crippen molar-refractivity contribution in [3.8, 4) is 11.5 Å². The molecule has 0 spiro atoms. The minimum atomic E-state index is 0.0228. The van der Waals surface area contributed by atoms with Gasteiger partial charge in [-0.3, -0.25) is 4.79 Å². The molecule has 0 bridgehead atoms. The van der Waals surface area contributed by atoms with E-state index in [1.807, 2.05) is 27.8 Å². The van der Waals surface area contributed by atoms with Gasteiger partial charge < -0.3 is 9.32 Å². The average Bonchev–Trinajstić information content (AvgIpc) is 3.33.